The molecule has 18 heavy (non-hydrogen) atoms. The highest BCUT2D eigenvalue weighted by Gasteiger charge is 2.09. The lowest BCUT2D eigenvalue weighted by molar-refractivity contribution is -0.384. The fourth-order valence-electron chi connectivity index (χ4n) is 1.75. The van der Waals surface area contributed by atoms with Gasteiger partial charge in [-0.05, 0) is 24.5 Å². The van der Waals surface area contributed by atoms with Crippen LogP contribution in [0.4, 0.5) is 5.69 Å². The van der Waals surface area contributed by atoms with E-state index in [2.05, 4.69) is 10.2 Å². The van der Waals surface area contributed by atoms with Gasteiger partial charge in [-0.15, -0.1) is 10.2 Å². The van der Waals surface area contributed by atoms with E-state index in [1.54, 1.807) is 19.1 Å². The number of rotatable bonds is 4. The molecule has 0 spiro atoms. The van der Waals surface area contributed by atoms with Crippen LogP contribution in [0.5, 0.6) is 0 Å². The maximum atomic E-state index is 10.6. The number of nitrogens with zero attached hydrogens (tertiary/aromatic N) is 3. The van der Waals surface area contributed by atoms with Crippen LogP contribution >= 0.6 is 0 Å². The quantitative estimate of drug-likeness (QED) is 0.612. The molecule has 0 fully saturated rings. The van der Waals surface area contributed by atoms with E-state index in [0.29, 0.717) is 18.2 Å². The van der Waals surface area contributed by atoms with Crippen LogP contribution in [0.3, 0.4) is 0 Å². The van der Waals surface area contributed by atoms with Gasteiger partial charge in [-0.1, -0.05) is 6.07 Å². The molecule has 0 aliphatic rings. The van der Waals surface area contributed by atoms with E-state index in [1.807, 2.05) is 6.92 Å². The van der Waals surface area contributed by atoms with Crippen LogP contribution in [-0.4, -0.2) is 15.1 Å². The average molecular weight is 247 g/mol. The largest absolute Gasteiger partial charge is 0.426 e. The molecule has 94 valence electrons. The van der Waals surface area contributed by atoms with Crippen LogP contribution in [0.1, 0.15) is 22.9 Å². The molecule has 2 aromatic rings. The zero-order chi connectivity index (χ0) is 13.1. The lowest BCUT2D eigenvalue weighted by Crippen LogP contribution is -1.96. The van der Waals surface area contributed by atoms with Crippen LogP contribution in [0.15, 0.2) is 22.6 Å². The SMILES string of the molecule is Cc1nnc(CCc2ccc([N+](=O)[O-])cc2C)o1. The van der Waals surface area contributed by atoms with Crippen molar-refractivity contribution < 1.29 is 9.34 Å². The Morgan fingerprint density at radius 2 is 2.06 bits per heavy atom. The number of nitro groups is 1. The maximum Gasteiger partial charge on any atom is 0.269 e. The molecule has 6 heteroatoms. The summed E-state index contributed by atoms with van der Waals surface area (Å²) in [4.78, 5) is 10.2. The topological polar surface area (TPSA) is 82.1 Å². The van der Waals surface area contributed by atoms with Crippen molar-refractivity contribution in [1.29, 1.82) is 0 Å². The van der Waals surface area contributed by atoms with Gasteiger partial charge in [0, 0.05) is 25.5 Å². The van der Waals surface area contributed by atoms with Crippen molar-refractivity contribution in [3.05, 3.63) is 51.2 Å². The second-order valence-electron chi connectivity index (χ2n) is 4.08. The van der Waals surface area contributed by atoms with Gasteiger partial charge >= 0.3 is 0 Å². The van der Waals surface area contributed by atoms with Gasteiger partial charge in [0.1, 0.15) is 0 Å². The van der Waals surface area contributed by atoms with Gasteiger partial charge in [0.15, 0.2) is 0 Å². The second kappa shape index (κ2) is 4.95. The predicted molar refractivity (Wildman–Crippen MR) is 64.3 cm³/mol. The summed E-state index contributed by atoms with van der Waals surface area (Å²) >= 11 is 0. The molecular weight excluding hydrogens is 234 g/mol. The van der Waals surface area contributed by atoms with Crippen molar-refractivity contribution in [2.75, 3.05) is 0 Å². The molecular formula is C12H13N3O3. The van der Waals surface area contributed by atoms with E-state index >= 15 is 0 Å². The molecule has 6 nitrogen and oxygen atoms in total. The summed E-state index contributed by atoms with van der Waals surface area (Å²) in [6.07, 6.45) is 1.37. The van der Waals surface area contributed by atoms with Crippen molar-refractivity contribution in [2.24, 2.45) is 0 Å². The highest BCUT2D eigenvalue weighted by atomic mass is 16.6. The number of non-ortho nitro benzene ring substituents is 1. The van der Waals surface area contributed by atoms with Crippen molar-refractivity contribution >= 4 is 5.69 Å². The second-order valence-corrected chi connectivity index (χ2v) is 4.08. The van der Waals surface area contributed by atoms with Crippen molar-refractivity contribution in [2.45, 2.75) is 26.7 Å². The highest BCUT2D eigenvalue weighted by Crippen LogP contribution is 2.18. The van der Waals surface area contributed by atoms with E-state index in [-0.39, 0.29) is 5.69 Å². The molecule has 1 aromatic heterocycles. The number of aromatic nitrogens is 2. The summed E-state index contributed by atoms with van der Waals surface area (Å²) in [6.45, 7) is 3.61. The Kier molecular flexibility index (Phi) is 3.36. The van der Waals surface area contributed by atoms with Gasteiger partial charge in [0.25, 0.3) is 5.69 Å². The van der Waals surface area contributed by atoms with E-state index in [9.17, 15) is 10.1 Å². The Morgan fingerprint density at radius 1 is 1.28 bits per heavy atom. The first kappa shape index (κ1) is 12.2. The van der Waals surface area contributed by atoms with Crippen molar-refractivity contribution in [3.8, 4) is 0 Å². The molecule has 0 saturated carbocycles. The monoisotopic (exact) mass is 247 g/mol. The molecule has 1 aromatic carbocycles. The third kappa shape index (κ3) is 2.71. The van der Waals surface area contributed by atoms with Crippen LogP contribution in [0.2, 0.25) is 0 Å². The van der Waals surface area contributed by atoms with Gasteiger partial charge in [0.2, 0.25) is 11.8 Å². The normalized spacial score (nSPS) is 10.6. The molecule has 1 heterocycles. The minimum atomic E-state index is -0.391. The van der Waals surface area contributed by atoms with Crippen molar-refractivity contribution in [3.63, 3.8) is 0 Å². The van der Waals surface area contributed by atoms with Crippen LogP contribution < -0.4 is 0 Å². The summed E-state index contributed by atoms with van der Waals surface area (Å²) in [6, 6.07) is 4.87. The fraction of sp³-hybridized carbons (Fsp3) is 0.333. The molecule has 0 amide bonds. The van der Waals surface area contributed by atoms with E-state index in [0.717, 1.165) is 17.5 Å². The third-order valence-electron chi connectivity index (χ3n) is 2.71. The first-order valence-corrected chi connectivity index (χ1v) is 5.59. The first-order chi connectivity index (χ1) is 8.56. The van der Waals surface area contributed by atoms with E-state index < -0.39 is 4.92 Å². The van der Waals surface area contributed by atoms with Gasteiger partial charge in [-0.25, -0.2) is 0 Å². The number of hydrogen-bond acceptors (Lipinski definition) is 5. The lowest BCUT2D eigenvalue weighted by Gasteiger charge is -2.03. The first-order valence-electron chi connectivity index (χ1n) is 5.59. The molecule has 0 saturated heterocycles. The Bertz CT molecular complexity index is 578. The smallest absolute Gasteiger partial charge is 0.269 e. The standard InChI is InChI=1S/C12H13N3O3/c1-8-7-11(15(16)17)5-3-10(8)4-6-12-14-13-9(2)18-12/h3,5,7H,4,6H2,1-2H3. The average Bonchev–Trinajstić information content (AvgIpc) is 2.73. The van der Waals surface area contributed by atoms with Crippen LogP contribution in [-0.2, 0) is 12.8 Å². The molecule has 0 bridgehead atoms. The lowest BCUT2D eigenvalue weighted by atomic mass is 10.0. The zero-order valence-corrected chi connectivity index (χ0v) is 10.2. The molecule has 0 radical (unpaired) electrons. The van der Waals surface area contributed by atoms with E-state index in [4.69, 9.17) is 4.42 Å². The molecule has 2 rings (SSSR count). The van der Waals surface area contributed by atoms with E-state index in [1.165, 1.54) is 6.07 Å². The number of hydrogen-bond donors (Lipinski definition) is 0. The zero-order valence-electron chi connectivity index (χ0n) is 10.2. The summed E-state index contributed by atoms with van der Waals surface area (Å²) in [5.74, 6) is 1.13. The summed E-state index contributed by atoms with van der Waals surface area (Å²) in [5, 5.41) is 18.3. The van der Waals surface area contributed by atoms with Crippen molar-refractivity contribution in [1.82, 2.24) is 10.2 Å². The minimum absolute atomic E-state index is 0.116. The number of benzene rings is 1. The molecule has 0 unspecified atom stereocenters. The highest BCUT2D eigenvalue weighted by molar-refractivity contribution is 5.39. The third-order valence-corrected chi connectivity index (χ3v) is 2.71. The van der Waals surface area contributed by atoms with Gasteiger partial charge in [-0.3, -0.25) is 10.1 Å². The molecule has 0 N–H and O–H groups in total. The number of aryl methyl sites for hydroxylation is 4. The Labute approximate surface area is 104 Å². The number of nitro benzene ring substituents is 1. The predicted octanol–water partition coefficient (Wildman–Crippen LogP) is 2.38. The maximum absolute atomic E-state index is 10.6. The Hall–Kier alpha value is -2.24. The van der Waals surface area contributed by atoms with Crippen LogP contribution in [0, 0.1) is 24.0 Å². The molecule has 0 aliphatic carbocycles. The van der Waals surface area contributed by atoms with Gasteiger partial charge in [0.05, 0.1) is 4.92 Å². The summed E-state index contributed by atoms with van der Waals surface area (Å²) < 4.78 is 5.28. The van der Waals surface area contributed by atoms with Gasteiger partial charge < -0.3 is 4.42 Å². The van der Waals surface area contributed by atoms with Crippen LogP contribution in [0.25, 0.3) is 0 Å². The summed E-state index contributed by atoms with van der Waals surface area (Å²) in [5.41, 5.74) is 2.07. The molecule has 0 atom stereocenters. The minimum Gasteiger partial charge on any atom is -0.426 e. The van der Waals surface area contributed by atoms with Gasteiger partial charge in [-0.2, -0.15) is 0 Å². The Morgan fingerprint density at radius 3 is 2.61 bits per heavy atom. The fourth-order valence-corrected chi connectivity index (χ4v) is 1.75. The Balaban J connectivity index is 2.08. The molecule has 0 aliphatic heterocycles. The summed E-state index contributed by atoms with van der Waals surface area (Å²) in [7, 11) is 0.